The molecule has 0 aromatic heterocycles. The van der Waals surface area contributed by atoms with E-state index in [2.05, 4.69) is 25.8 Å². The standard InChI is InChI=1S/C14H27NO/c1-4-11-5-8-14(16)13(9-11)15(3)10(2)12-6-7-12/h10-14,16H,4-9H2,1-3H3. The highest BCUT2D eigenvalue weighted by Gasteiger charge is 2.37. The Morgan fingerprint density at radius 3 is 2.50 bits per heavy atom. The molecule has 0 aliphatic heterocycles. The third-order valence-electron chi connectivity index (χ3n) is 4.94. The van der Waals surface area contributed by atoms with Crippen LogP contribution in [0.15, 0.2) is 0 Å². The van der Waals surface area contributed by atoms with Crippen LogP contribution in [0.2, 0.25) is 0 Å². The van der Waals surface area contributed by atoms with Crippen molar-refractivity contribution >= 4 is 0 Å². The summed E-state index contributed by atoms with van der Waals surface area (Å²) in [5.74, 6) is 1.74. The van der Waals surface area contributed by atoms with Crippen LogP contribution >= 0.6 is 0 Å². The average molecular weight is 225 g/mol. The van der Waals surface area contributed by atoms with E-state index >= 15 is 0 Å². The fourth-order valence-electron chi connectivity index (χ4n) is 3.24. The second kappa shape index (κ2) is 5.05. The molecule has 16 heavy (non-hydrogen) atoms. The average Bonchev–Trinajstić information content (AvgIpc) is 3.12. The smallest absolute Gasteiger partial charge is 0.0695 e. The first-order valence-corrected chi connectivity index (χ1v) is 7.03. The highest BCUT2D eigenvalue weighted by molar-refractivity contribution is 4.91. The molecule has 4 unspecified atom stereocenters. The van der Waals surface area contributed by atoms with Gasteiger partial charge in [0.1, 0.15) is 0 Å². The van der Waals surface area contributed by atoms with Crippen molar-refractivity contribution in [3.8, 4) is 0 Å². The number of aliphatic hydroxyl groups excluding tert-OH is 1. The maximum atomic E-state index is 10.2. The van der Waals surface area contributed by atoms with Gasteiger partial charge in [-0.25, -0.2) is 0 Å². The van der Waals surface area contributed by atoms with Crippen molar-refractivity contribution in [3.63, 3.8) is 0 Å². The lowest BCUT2D eigenvalue weighted by atomic mass is 9.81. The lowest BCUT2D eigenvalue weighted by Gasteiger charge is -2.41. The van der Waals surface area contributed by atoms with Crippen LogP contribution in [0.5, 0.6) is 0 Å². The molecule has 2 heteroatoms. The first kappa shape index (κ1) is 12.4. The van der Waals surface area contributed by atoms with Crippen LogP contribution in [0.4, 0.5) is 0 Å². The zero-order valence-corrected chi connectivity index (χ0v) is 11.0. The summed E-state index contributed by atoms with van der Waals surface area (Å²) in [6.07, 6.45) is 7.40. The Hall–Kier alpha value is -0.0800. The fraction of sp³-hybridized carbons (Fsp3) is 1.00. The van der Waals surface area contributed by atoms with E-state index in [9.17, 15) is 5.11 Å². The maximum Gasteiger partial charge on any atom is 0.0695 e. The summed E-state index contributed by atoms with van der Waals surface area (Å²) in [4.78, 5) is 2.46. The van der Waals surface area contributed by atoms with Gasteiger partial charge in [-0.2, -0.15) is 0 Å². The lowest BCUT2D eigenvalue weighted by molar-refractivity contribution is -0.00465. The molecule has 0 amide bonds. The third-order valence-corrected chi connectivity index (χ3v) is 4.94. The van der Waals surface area contributed by atoms with Crippen molar-refractivity contribution in [1.82, 2.24) is 4.90 Å². The lowest BCUT2D eigenvalue weighted by Crippen LogP contribution is -2.49. The summed E-state index contributed by atoms with van der Waals surface area (Å²) in [5.41, 5.74) is 0. The molecule has 2 fully saturated rings. The molecule has 0 aromatic rings. The van der Waals surface area contributed by atoms with E-state index in [1.54, 1.807) is 0 Å². The molecule has 2 aliphatic rings. The molecule has 0 radical (unpaired) electrons. The van der Waals surface area contributed by atoms with E-state index in [1.165, 1.54) is 32.1 Å². The molecule has 1 N–H and O–H groups in total. The van der Waals surface area contributed by atoms with Crippen LogP contribution in [0.1, 0.15) is 52.4 Å². The van der Waals surface area contributed by atoms with Crippen LogP contribution in [-0.2, 0) is 0 Å². The van der Waals surface area contributed by atoms with Crippen molar-refractivity contribution in [2.75, 3.05) is 7.05 Å². The summed E-state index contributed by atoms with van der Waals surface area (Å²) in [5, 5.41) is 10.2. The molecular weight excluding hydrogens is 198 g/mol. The fourth-order valence-corrected chi connectivity index (χ4v) is 3.24. The Balaban J connectivity index is 1.93. The zero-order valence-electron chi connectivity index (χ0n) is 11.0. The Kier molecular flexibility index (Phi) is 3.91. The molecule has 0 aromatic carbocycles. The SMILES string of the molecule is CCC1CCC(O)C(N(C)C(C)C2CC2)C1. The molecular formula is C14H27NO. The second-order valence-electron chi connectivity index (χ2n) is 5.97. The Morgan fingerprint density at radius 1 is 1.25 bits per heavy atom. The van der Waals surface area contributed by atoms with Gasteiger partial charge in [0.15, 0.2) is 0 Å². The first-order valence-electron chi connectivity index (χ1n) is 7.03. The largest absolute Gasteiger partial charge is 0.391 e. The number of rotatable bonds is 4. The molecule has 4 atom stereocenters. The van der Waals surface area contributed by atoms with Crippen molar-refractivity contribution in [2.45, 2.75) is 70.6 Å². The van der Waals surface area contributed by atoms with E-state index in [0.717, 1.165) is 18.3 Å². The molecule has 0 saturated heterocycles. The second-order valence-corrected chi connectivity index (χ2v) is 5.97. The van der Waals surface area contributed by atoms with Crippen LogP contribution in [0.25, 0.3) is 0 Å². The molecule has 2 aliphatic carbocycles. The van der Waals surface area contributed by atoms with E-state index in [-0.39, 0.29) is 6.10 Å². The monoisotopic (exact) mass is 225 g/mol. The highest BCUT2D eigenvalue weighted by atomic mass is 16.3. The van der Waals surface area contributed by atoms with Gasteiger partial charge in [0.05, 0.1) is 6.10 Å². The first-order chi connectivity index (χ1) is 7.63. The summed E-state index contributed by atoms with van der Waals surface area (Å²) in [6, 6.07) is 1.07. The molecule has 0 bridgehead atoms. The number of nitrogens with zero attached hydrogens (tertiary/aromatic N) is 1. The van der Waals surface area contributed by atoms with Crippen LogP contribution in [-0.4, -0.2) is 35.2 Å². The minimum absolute atomic E-state index is 0.0889. The van der Waals surface area contributed by atoms with Gasteiger partial charge in [0, 0.05) is 12.1 Å². The number of hydrogen-bond acceptors (Lipinski definition) is 2. The predicted molar refractivity (Wildman–Crippen MR) is 67.4 cm³/mol. The summed E-state index contributed by atoms with van der Waals surface area (Å²) >= 11 is 0. The van der Waals surface area contributed by atoms with Crippen LogP contribution < -0.4 is 0 Å². The zero-order chi connectivity index (χ0) is 11.7. The van der Waals surface area contributed by atoms with Gasteiger partial charge >= 0.3 is 0 Å². The Labute approximate surface area is 100 Å². The summed E-state index contributed by atoms with van der Waals surface area (Å²) in [7, 11) is 2.22. The van der Waals surface area contributed by atoms with E-state index in [4.69, 9.17) is 0 Å². The van der Waals surface area contributed by atoms with Gasteiger partial charge in [-0.15, -0.1) is 0 Å². The summed E-state index contributed by atoms with van der Waals surface area (Å²) < 4.78 is 0. The molecule has 0 heterocycles. The minimum atomic E-state index is -0.0889. The van der Waals surface area contributed by atoms with E-state index in [0.29, 0.717) is 12.1 Å². The van der Waals surface area contributed by atoms with E-state index in [1.807, 2.05) is 0 Å². The predicted octanol–water partition coefficient (Wildman–Crippen LogP) is 2.66. The van der Waals surface area contributed by atoms with Crippen LogP contribution in [0.3, 0.4) is 0 Å². The minimum Gasteiger partial charge on any atom is -0.391 e. The molecule has 94 valence electrons. The van der Waals surface area contributed by atoms with E-state index < -0.39 is 0 Å². The normalized spacial score (nSPS) is 37.7. The molecule has 0 spiro atoms. The molecule has 2 saturated carbocycles. The Bertz CT molecular complexity index is 227. The topological polar surface area (TPSA) is 23.5 Å². The maximum absolute atomic E-state index is 10.2. The third kappa shape index (κ3) is 2.60. The van der Waals surface area contributed by atoms with Crippen molar-refractivity contribution in [1.29, 1.82) is 0 Å². The van der Waals surface area contributed by atoms with Gasteiger partial charge in [-0.1, -0.05) is 13.3 Å². The summed E-state index contributed by atoms with van der Waals surface area (Å²) in [6.45, 7) is 4.61. The van der Waals surface area contributed by atoms with Gasteiger partial charge in [-0.3, -0.25) is 4.90 Å². The number of likely N-dealkylation sites (N-methyl/N-ethyl adjacent to an activating group) is 1. The van der Waals surface area contributed by atoms with Crippen molar-refractivity contribution < 1.29 is 5.11 Å². The highest BCUT2D eigenvalue weighted by Crippen LogP contribution is 2.38. The number of aliphatic hydroxyl groups is 1. The molecule has 2 rings (SSSR count). The van der Waals surface area contributed by atoms with Gasteiger partial charge in [-0.05, 0) is 57.9 Å². The van der Waals surface area contributed by atoms with Gasteiger partial charge < -0.3 is 5.11 Å². The van der Waals surface area contributed by atoms with Gasteiger partial charge in [0.2, 0.25) is 0 Å². The van der Waals surface area contributed by atoms with Gasteiger partial charge in [0.25, 0.3) is 0 Å². The molecule has 2 nitrogen and oxygen atoms in total. The quantitative estimate of drug-likeness (QED) is 0.795. The van der Waals surface area contributed by atoms with Crippen LogP contribution in [0, 0.1) is 11.8 Å². The van der Waals surface area contributed by atoms with Crippen molar-refractivity contribution in [2.24, 2.45) is 11.8 Å². The van der Waals surface area contributed by atoms with Crippen molar-refractivity contribution in [3.05, 3.63) is 0 Å². The Morgan fingerprint density at radius 2 is 1.94 bits per heavy atom. The number of hydrogen-bond donors (Lipinski definition) is 1.